The Bertz CT molecular complexity index is 517. The number of nitrogens with zero attached hydrogens (tertiary/aromatic N) is 2. The van der Waals surface area contributed by atoms with Crippen molar-refractivity contribution in [3.8, 4) is 0 Å². The molecule has 0 aliphatic carbocycles. The van der Waals surface area contributed by atoms with Crippen LogP contribution in [-0.4, -0.2) is 15.4 Å². The highest BCUT2D eigenvalue weighted by Crippen LogP contribution is 2.38. The van der Waals surface area contributed by atoms with Gasteiger partial charge in [0, 0.05) is 0 Å². The second kappa shape index (κ2) is 3.83. The molecular weight excluding hydrogens is 210 g/mol. The third kappa shape index (κ3) is 2.48. The summed E-state index contributed by atoms with van der Waals surface area (Å²) in [5.74, 6) is 0. The Morgan fingerprint density at radius 3 is 2.47 bits per heavy atom. The van der Waals surface area contributed by atoms with Crippen molar-refractivity contribution in [1.82, 2.24) is 15.4 Å². The zero-order valence-electron chi connectivity index (χ0n) is 11.3. The van der Waals surface area contributed by atoms with Gasteiger partial charge in [-0.2, -0.15) is 15.4 Å². The predicted octanol–water partition coefficient (Wildman–Crippen LogP) is 3.47. The van der Waals surface area contributed by atoms with Crippen LogP contribution < -0.4 is 0 Å². The number of nitrogens with one attached hydrogen (secondary N) is 1. The molecule has 3 nitrogen and oxygen atoms in total. The van der Waals surface area contributed by atoms with E-state index < -0.39 is 0 Å². The molecule has 91 valence electrons. The minimum atomic E-state index is 0.0745. The molecule has 2 aromatic rings. The quantitative estimate of drug-likeness (QED) is 0.858. The number of aromatic amines is 1. The van der Waals surface area contributed by atoms with E-state index in [0.29, 0.717) is 0 Å². The normalized spacial score (nSPS) is 13.2. The van der Waals surface area contributed by atoms with E-state index in [2.05, 4.69) is 56.1 Å². The van der Waals surface area contributed by atoms with E-state index in [1.54, 1.807) is 0 Å². The van der Waals surface area contributed by atoms with Crippen LogP contribution >= 0.6 is 0 Å². The Kier molecular flexibility index (Phi) is 2.72. The molecule has 1 aromatic heterocycles. The SMILES string of the molecule is CC(C)(C)CC(C)(C)c1c[c]cc2n[nH]nc12. The summed E-state index contributed by atoms with van der Waals surface area (Å²) >= 11 is 0. The number of H-pyrrole nitrogens is 1. The summed E-state index contributed by atoms with van der Waals surface area (Å²) in [4.78, 5) is 0. The van der Waals surface area contributed by atoms with E-state index in [-0.39, 0.29) is 10.8 Å². The molecular formula is C14H20N3. The van der Waals surface area contributed by atoms with Crippen molar-refractivity contribution in [2.75, 3.05) is 0 Å². The van der Waals surface area contributed by atoms with Gasteiger partial charge in [-0.1, -0.05) is 34.6 Å². The molecule has 1 aromatic carbocycles. The van der Waals surface area contributed by atoms with Crippen molar-refractivity contribution in [1.29, 1.82) is 0 Å². The van der Waals surface area contributed by atoms with E-state index in [1.807, 2.05) is 12.1 Å². The molecule has 3 heteroatoms. The fourth-order valence-electron chi connectivity index (χ4n) is 2.75. The monoisotopic (exact) mass is 230 g/mol. The van der Waals surface area contributed by atoms with Gasteiger partial charge in [-0.15, -0.1) is 0 Å². The summed E-state index contributed by atoms with van der Waals surface area (Å²) in [7, 11) is 0. The van der Waals surface area contributed by atoms with Crippen LogP contribution in [0.25, 0.3) is 11.0 Å². The Balaban J connectivity index is 2.48. The topological polar surface area (TPSA) is 41.6 Å². The highest BCUT2D eigenvalue weighted by Gasteiger charge is 2.29. The van der Waals surface area contributed by atoms with Crippen molar-refractivity contribution in [2.45, 2.75) is 46.5 Å². The van der Waals surface area contributed by atoms with Crippen LogP contribution in [0.2, 0.25) is 0 Å². The van der Waals surface area contributed by atoms with Crippen LogP contribution in [0.4, 0.5) is 0 Å². The molecule has 1 heterocycles. The summed E-state index contributed by atoms with van der Waals surface area (Å²) in [6.45, 7) is 11.3. The largest absolute Gasteiger partial charge is 0.197 e. The summed E-state index contributed by atoms with van der Waals surface area (Å²) in [5, 5.41) is 11.1. The number of aromatic nitrogens is 3. The van der Waals surface area contributed by atoms with Crippen molar-refractivity contribution in [3.05, 3.63) is 23.8 Å². The Hall–Kier alpha value is -1.38. The van der Waals surface area contributed by atoms with E-state index in [9.17, 15) is 0 Å². The first kappa shape index (κ1) is 12.1. The van der Waals surface area contributed by atoms with Gasteiger partial charge in [0.1, 0.15) is 11.0 Å². The van der Waals surface area contributed by atoms with Crippen LogP contribution in [0.5, 0.6) is 0 Å². The van der Waals surface area contributed by atoms with E-state index in [1.165, 1.54) is 5.56 Å². The fraction of sp³-hybridized carbons (Fsp3) is 0.571. The lowest BCUT2D eigenvalue weighted by Crippen LogP contribution is -2.25. The lowest BCUT2D eigenvalue weighted by Gasteiger charge is -2.32. The van der Waals surface area contributed by atoms with Crippen molar-refractivity contribution < 1.29 is 0 Å². The maximum Gasteiger partial charge on any atom is 0.116 e. The molecule has 1 radical (unpaired) electrons. The summed E-state index contributed by atoms with van der Waals surface area (Å²) in [6, 6.07) is 7.07. The van der Waals surface area contributed by atoms with Crippen molar-refractivity contribution in [3.63, 3.8) is 0 Å². The molecule has 0 spiro atoms. The molecule has 0 aliphatic rings. The van der Waals surface area contributed by atoms with Crippen LogP contribution in [0.15, 0.2) is 12.1 Å². The summed E-state index contributed by atoms with van der Waals surface area (Å²) in [6.07, 6.45) is 1.10. The van der Waals surface area contributed by atoms with Gasteiger partial charge >= 0.3 is 0 Å². The number of fused-ring (bicyclic) bond motifs is 1. The van der Waals surface area contributed by atoms with Crippen LogP contribution in [0, 0.1) is 11.5 Å². The smallest absolute Gasteiger partial charge is 0.116 e. The van der Waals surface area contributed by atoms with Gasteiger partial charge in [-0.05, 0) is 41.0 Å². The lowest BCUT2D eigenvalue weighted by molar-refractivity contribution is 0.285. The van der Waals surface area contributed by atoms with E-state index >= 15 is 0 Å². The molecule has 0 aliphatic heterocycles. The number of hydrogen-bond donors (Lipinski definition) is 1. The Morgan fingerprint density at radius 1 is 1.12 bits per heavy atom. The maximum atomic E-state index is 4.26. The van der Waals surface area contributed by atoms with Gasteiger partial charge in [0.2, 0.25) is 0 Å². The van der Waals surface area contributed by atoms with Gasteiger partial charge in [0.05, 0.1) is 0 Å². The first-order valence-corrected chi connectivity index (χ1v) is 6.01. The Labute approximate surface area is 103 Å². The maximum absolute atomic E-state index is 4.26. The van der Waals surface area contributed by atoms with Crippen LogP contribution in [0.1, 0.15) is 46.6 Å². The summed E-state index contributed by atoms with van der Waals surface area (Å²) < 4.78 is 0. The second-order valence-electron chi connectivity index (χ2n) is 6.55. The zero-order chi connectivity index (χ0) is 12.7. The molecule has 0 atom stereocenters. The molecule has 0 amide bonds. The Morgan fingerprint density at radius 2 is 1.82 bits per heavy atom. The molecule has 2 rings (SSSR count). The molecule has 0 bridgehead atoms. The second-order valence-corrected chi connectivity index (χ2v) is 6.55. The van der Waals surface area contributed by atoms with Crippen LogP contribution in [-0.2, 0) is 5.41 Å². The van der Waals surface area contributed by atoms with Gasteiger partial charge in [-0.25, -0.2) is 0 Å². The third-order valence-electron chi connectivity index (χ3n) is 2.98. The van der Waals surface area contributed by atoms with Gasteiger partial charge < -0.3 is 0 Å². The summed E-state index contributed by atoms with van der Waals surface area (Å²) in [5.41, 5.74) is 3.45. The van der Waals surface area contributed by atoms with Crippen molar-refractivity contribution in [2.24, 2.45) is 5.41 Å². The van der Waals surface area contributed by atoms with Gasteiger partial charge in [-0.3, -0.25) is 0 Å². The lowest BCUT2D eigenvalue weighted by atomic mass is 9.72. The van der Waals surface area contributed by atoms with E-state index in [0.717, 1.165) is 17.5 Å². The minimum Gasteiger partial charge on any atom is -0.197 e. The minimum absolute atomic E-state index is 0.0745. The first-order chi connectivity index (χ1) is 7.80. The predicted molar refractivity (Wildman–Crippen MR) is 69.8 cm³/mol. The highest BCUT2D eigenvalue weighted by atomic mass is 15.3. The third-order valence-corrected chi connectivity index (χ3v) is 2.98. The average Bonchev–Trinajstić information content (AvgIpc) is 2.60. The van der Waals surface area contributed by atoms with Crippen molar-refractivity contribution >= 4 is 11.0 Å². The van der Waals surface area contributed by atoms with E-state index in [4.69, 9.17) is 0 Å². The molecule has 0 unspecified atom stereocenters. The zero-order valence-corrected chi connectivity index (χ0v) is 11.3. The highest BCUT2D eigenvalue weighted by molar-refractivity contribution is 5.78. The molecule has 1 N–H and O–H groups in total. The number of hydrogen-bond acceptors (Lipinski definition) is 2. The molecule has 0 saturated heterocycles. The molecule has 0 saturated carbocycles. The standard InChI is InChI=1S/C14H20N3/c1-13(2,3)9-14(4,5)10-7-6-8-11-12(10)16-17-15-11/h7-8H,9H2,1-5H3,(H,15,16,17). The van der Waals surface area contributed by atoms with Gasteiger partial charge in [0.15, 0.2) is 0 Å². The van der Waals surface area contributed by atoms with Crippen LogP contribution in [0.3, 0.4) is 0 Å². The first-order valence-electron chi connectivity index (χ1n) is 6.01. The van der Waals surface area contributed by atoms with Gasteiger partial charge in [0.25, 0.3) is 0 Å². The fourth-order valence-corrected chi connectivity index (χ4v) is 2.75. The average molecular weight is 230 g/mol. The number of rotatable bonds is 2. The molecule has 17 heavy (non-hydrogen) atoms. The number of benzene rings is 1. The molecule has 0 fully saturated rings.